The summed E-state index contributed by atoms with van der Waals surface area (Å²) in [5.41, 5.74) is 0.524. The maximum absolute atomic E-state index is 14.1. The lowest BCUT2D eigenvalue weighted by molar-refractivity contribution is -0.134. The second-order valence-electron chi connectivity index (χ2n) is 6.60. The average molecular weight is 352 g/mol. The molecule has 2 amide bonds. The fourth-order valence-corrected chi connectivity index (χ4v) is 4.04. The summed E-state index contributed by atoms with van der Waals surface area (Å²) in [4.78, 5) is 27.8. The zero-order valence-electron chi connectivity index (χ0n) is 14.7. The summed E-state index contributed by atoms with van der Waals surface area (Å²) in [6.07, 6.45) is 0.492. The molecule has 1 saturated heterocycles. The predicted molar refractivity (Wildman–Crippen MR) is 95.0 cm³/mol. The summed E-state index contributed by atoms with van der Waals surface area (Å²) < 4.78 is 14.1. The van der Waals surface area contributed by atoms with Crippen LogP contribution in [0.1, 0.15) is 38.1 Å². The Kier molecular flexibility index (Phi) is 6.27. The second-order valence-corrected chi connectivity index (χ2v) is 8.02. The number of carbonyl (C=O) groups is 2. The molecule has 0 radical (unpaired) electrons. The van der Waals surface area contributed by atoms with Gasteiger partial charge in [-0.2, -0.15) is 0 Å². The number of carbonyl (C=O) groups excluding carboxylic acids is 2. The van der Waals surface area contributed by atoms with Crippen LogP contribution in [0.25, 0.3) is 0 Å². The molecule has 0 saturated carbocycles. The van der Waals surface area contributed by atoms with Crippen molar-refractivity contribution in [3.8, 4) is 0 Å². The maximum atomic E-state index is 14.1. The van der Waals surface area contributed by atoms with E-state index in [1.54, 1.807) is 35.0 Å². The topological polar surface area (TPSA) is 40.6 Å². The van der Waals surface area contributed by atoms with Crippen LogP contribution in [0.15, 0.2) is 24.3 Å². The van der Waals surface area contributed by atoms with Gasteiger partial charge < -0.3 is 9.80 Å². The van der Waals surface area contributed by atoms with Gasteiger partial charge in [0, 0.05) is 32.1 Å². The van der Waals surface area contributed by atoms with Gasteiger partial charge in [-0.05, 0) is 18.9 Å². The van der Waals surface area contributed by atoms with Crippen molar-refractivity contribution in [1.82, 2.24) is 9.80 Å². The maximum Gasteiger partial charge on any atom is 0.236 e. The number of nitrogens with zero attached hydrogens (tertiary/aromatic N) is 2. The second kappa shape index (κ2) is 8.01. The number of thioether (sulfide) groups is 1. The lowest BCUT2D eigenvalue weighted by Gasteiger charge is -2.27. The first-order valence-corrected chi connectivity index (χ1v) is 9.20. The van der Waals surface area contributed by atoms with Crippen LogP contribution in [0, 0.1) is 11.7 Å². The SMILES string of the molecule is CC(C)CC(=O)N(C)CCN1C(=O)[C@@H](C)S[C@@H]1c1ccccc1F. The monoisotopic (exact) mass is 352 g/mol. The third-order valence-corrected chi connectivity index (χ3v) is 5.48. The normalized spacial score (nSPS) is 20.8. The van der Waals surface area contributed by atoms with E-state index < -0.39 is 0 Å². The standard InChI is InChI=1S/C18H25FN2O2S/c1-12(2)11-16(22)20(4)9-10-21-17(23)13(3)24-18(21)14-7-5-6-8-15(14)19/h5-8,12-13,18H,9-11H2,1-4H3/t13-,18-/m1/s1. The van der Waals surface area contributed by atoms with Crippen molar-refractivity contribution in [2.75, 3.05) is 20.1 Å². The van der Waals surface area contributed by atoms with E-state index in [1.165, 1.54) is 17.8 Å². The molecule has 1 heterocycles. The van der Waals surface area contributed by atoms with Crippen molar-refractivity contribution in [3.63, 3.8) is 0 Å². The fraction of sp³-hybridized carbons (Fsp3) is 0.556. The number of rotatable bonds is 6. The van der Waals surface area contributed by atoms with Crippen molar-refractivity contribution in [2.24, 2.45) is 5.92 Å². The van der Waals surface area contributed by atoms with Crippen molar-refractivity contribution >= 4 is 23.6 Å². The zero-order valence-corrected chi connectivity index (χ0v) is 15.5. The molecule has 0 unspecified atom stereocenters. The van der Waals surface area contributed by atoms with Gasteiger partial charge in [-0.3, -0.25) is 9.59 Å². The number of hydrogen-bond acceptors (Lipinski definition) is 3. The minimum atomic E-state index is -0.331. The number of amides is 2. The smallest absolute Gasteiger partial charge is 0.236 e. The fourth-order valence-electron chi connectivity index (χ4n) is 2.71. The zero-order chi connectivity index (χ0) is 17.9. The van der Waals surface area contributed by atoms with E-state index in [9.17, 15) is 14.0 Å². The predicted octanol–water partition coefficient (Wildman–Crippen LogP) is 3.29. The van der Waals surface area contributed by atoms with Gasteiger partial charge in [0.05, 0.1) is 5.25 Å². The number of likely N-dealkylation sites (N-methyl/N-ethyl adjacent to an activating group) is 1. The molecule has 132 valence electrons. The summed E-state index contributed by atoms with van der Waals surface area (Å²) >= 11 is 1.45. The highest BCUT2D eigenvalue weighted by atomic mass is 32.2. The van der Waals surface area contributed by atoms with Crippen LogP contribution in [0.3, 0.4) is 0 Å². The van der Waals surface area contributed by atoms with Crippen LogP contribution >= 0.6 is 11.8 Å². The minimum absolute atomic E-state index is 0.00189. The molecule has 2 rings (SSSR count). The van der Waals surface area contributed by atoms with E-state index in [2.05, 4.69) is 0 Å². The molecule has 1 fully saturated rings. The highest BCUT2D eigenvalue weighted by Crippen LogP contribution is 2.43. The number of hydrogen-bond donors (Lipinski definition) is 0. The number of halogens is 1. The van der Waals surface area contributed by atoms with E-state index in [1.807, 2.05) is 20.8 Å². The quantitative estimate of drug-likeness (QED) is 0.789. The third-order valence-electron chi connectivity index (χ3n) is 4.10. The Hall–Kier alpha value is -1.56. The highest BCUT2D eigenvalue weighted by Gasteiger charge is 2.39. The van der Waals surface area contributed by atoms with Crippen LogP contribution < -0.4 is 0 Å². The van der Waals surface area contributed by atoms with Gasteiger partial charge in [0.15, 0.2) is 0 Å². The number of benzene rings is 1. The summed E-state index contributed by atoms with van der Waals surface area (Å²) in [6.45, 7) is 6.71. The first-order chi connectivity index (χ1) is 11.3. The molecule has 0 aliphatic carbocycles. The Morgan fingerprint density at radius 2 is 2.04 bits per heavy atom. The van der Waals surface area contributed by atoms with Gasteiger partial charge in [-0.15, -0.1) is 11.8 Å². The Labute approximate surface area is 147 Å². The Morgan fingerprint density at radius 1 is 1.38 bits per heavy atom. The highest BCUT2D eigenvalue weighted by molar-refractivity contribution is 8.01. The van der Waals surface area contributed by atoms with E-state index in [0.29, 0.717) is 31.0 Å². The molecule has 0 aromatic heterocycles. The van der Waals surface area contributed by atoms with E-state index in [-0.39, 0.29) is 28.3 Å². The Balaban J connectivity index is 2.07. The van der Waals surface area contributed by atoms with Gasteiger partial charge in [0.2, 0.25) is 11.8 Å². The molecular formula is C18H25FN2O2S. The Bertz CT molecular complexity index is 608. The summed E-state index contributed by atoms with van der Waals surface area (Å²) in [7, 11) is 1.75. The molecule has 6 heteroatoms. The van der Waals surface area contributed by atoms with Crippen molar-refractivity contribution in [1.29, 1.82) is 0 Å². The molecular weight excluding hydrogens is 327 g/mol. The van der Waals surface area contributed by atoms with Crippen molar-refractivity contribution < 1.29 is 14.0 Å². The molecule has 1 aliphatic rings. The summed E-state index contributed by atoms with van der Waals surface area (Å²) in [6, 6.07) is 6.56. The van der Waals surface area contributed by atoms with Crippen molar-refractivity contribution in [2.45, 2.75) is 37.8 Å². The largest absolute Gasteiger partial charge is 0.344 e. The molecule has 0 bridgehead atoms. The van der Waals surface area contributed by atoms with Gasteiger partial charge in [0.1, 0.15) is 11.2 Å². The van der Waals surface area contributed by atoms with E-state index in [0.717, 1.165) is 0 Å². The lowest BCUT2D eigenvalue weighted by atomic mass is 10.1. The minimum Gasteiger partial charge on any atom is -0.344 e. The van der Waals surface area contributed by atoms with Crippen LogP contribution in [-0.4, -0.2) is 47.0 Å². The third kappa shape index (κ3) is 4.29. The van der Waals surface area contributed by atoms with Gasteiger partial charge in [-0.1, -0.05) is 32.0 Å². The van der Waals surface area contributed by atoms with Gasteiger partial charge >= 0.3 is 0 Å². The molecule has 1 aromatic carbocycles. The van der Waals surface area contributed by atoms with Crippen LogP contribution in [-0.2, 0) is 9.59 Å². The van der Waals surface area contributed by atoms with Gasteiger partial charge in [0.25, 0.3) is 0 Å². The van der Waals surface area contributed by atoms with Crippen LogP contribution in [0.2, 0.25) is 0 Å². The first kappa shape index (κ1) is 18.8. The first-order valence-electron chi connectivity index (χ1n) is 8.25. The molecule has 1 aromatic rings. The lowest BCUT2D eigenvalue weighted by Crippen LogP contribution is -2.39. The van der Waals surface area contributed by atoms with Crippen molar-refractivity contribution in [3.05, 3.63) is 35.6 Å². The van der Waals surface area contributed by atoms with E-state index in [4.69, 9.17) is 0 Å². The van der Waals surface area contributed by atoms with Gasteiger partial charge in [-0.25, -0.2) is 4.39 Å². The average Bonchev–Trinajstić information content (AvgIpc) is 2.80. The summed E-state index contributed by atoms with van der Waals surface area (Å²) in [5.74, 6) is 0.0685. The van der Waals surface area contributed by atoms with Crippen LogP contribution in [0.4, 0.5) is 4.39 Å². The van der Waals surface area contributed by atoms with Crippen LogP contribution in [0.5, 0.6) is 0 Å². The molecule has 24 heavy (non-hydrogen) atoms. The Morgan fingerprint density at radius 3 is 2.67 bits per heavy atom. The molecule has 0 spiro atoms. The molecule has 1 aliphatic heterocycles. The molecule has 4 nitrogen and oxygen atoms in total. The molecule has 2 atom stereocenters. The summed E-state index contributed by atoms with van der Waals surface area (Å²) in [5, 5.41) is -0.534. The molecule has 0 N–H and O–H groups in total. The van der Waals surface area contributed by atoms with E-state index >= 15 is 0 Å².